The molecule has 0 saturated carbocycles. The fourth-order valence-electron chi connectivity index (χ4n) is 1.71. The lowest BCUT2D eigenvalue weighted by Gasteiger charge is -2.28. The summed E-state index contributed by atoms with van der Waals surface area (Å²) in [5.74, 6) is -2.59. The van der Waals surface area contributed by atoms with E-state index in [0.717, 1.165) is 19.3 Å². The second-order valence-electron chi connectivity index (χ2n) is 3.99. The van der Waals surface area contributed by atoms with Crippen molar-refractivity contribution >= 4 is 18.0 Å². The molecule has 1 aliphatic heterocycles. The first-order valence-electron chi connectivity index (χ1n) is 5.50. The van der Waals surface area contributed by atoms with Crippen molar-refractivity contribution in [1.82, 2.24) is 10.2 Å². The maximum Gasteiger partial charge on any atom is 0.326 e. The fraction of sp³-hybridized carbons (Fsp3) is 0.700. The molecule has 17 heavy (non-hydrogen) atoms. The number of rotatable bonds is 4. The third-order valence-electron chi connectivity index (χ3n) is 2.62. The number of amides is 2. The Bertz CT molecular complexity index is 312. The molecule has 1 saturated heterocycles. The van der Waals surface area contributed by atoms with E-state index in [9.17, 15) is 14.4 Å². The Morgan fingerprint density at radius 1 is 1.12 bits per heavy atom. The maximum atomic E-state index is 11.7. The molecule has 7 heteroatoms. The Hall–Kier alpha value is -1.79. The highest BCUT2D eigenvalue weighted by Crippen LogP contribution is 2.09. The predicted molar refractivity (Wildman–Crippen MR) is 57.6 cm³/mol. The molecule has 0 aromatic carbocycles. The van der Waals surface area contributed by atoms with E-state index < -0.39 is 30.4 Å². The zero-order chi connectivity index (χ0) is 12.8. The Morgan fingerprint density at radius 2 is 1.71 bits per heavy atom. The lowest BCUT2D eigenvalue weighted by atomic mass is 10.1. The standard InChI is InChI=1S/C10H16N2O5/c13-8(14)6-7(9(15)16)11-10(17)12-4-2-1-3-5-12/h7H,1-6H2,(H,11,17)(H,13,14)(H,15,16)/t7-/m0/s1. The third kappa shape index (κ3) is 4.29. The Balaban J connectivity index is 2.50. The summed E-state index contributed by atoms with van der Waals surface area (Å²) in [4.78, 5) is 34.4. The number of carboxylic acid groups (broad SMARTS) is 2. The quantitative estimate of drug-likeness (QED) is 0.650. The monoisotopic (exact) mass is 244 g/mol. The van der Waals surface area contributed by atoms with E-state index in [1.54, 1.807) is 0 Å². The summed E-state index contributed by atoms with van der Waals surface area (Å²) < 4.78 is 0. The maximum absolute atomic E-state index is 11.7. The van der Waals surface area contributed by atoms with Crippen molar-refractivity contribution in [3.63, 3.8) is 0 Å². The van der Waals surface area contributed by atoms with Gasteiger partial charge in [-0.05, 0) is 19.3 Å². The van der Waals surface area contributed by atoms with Crippen molar-refractivity contribution in [3.8, 4) is 0 Å². The molecule has 1 aliphatic rings. The average Bonchev–Trinajstić information content (AvgIpc) is 2.28. The Morgan fingerprint density at radius 3 is 2.18 bits per heavy atom. The number of likely N-dealkylation sites (tertiary alicyclic amines) is 1. The molecular weight excluding hydrogens is 228 g/mol. The highest BCUT2D eigenvalue weighted by molar-refractivity contribution is 5.86. The van der Waals surface area contributed by atoms with E-state index in [2.05, 4.69) is 5.32 Å². The third-order valence-corrected chi connectivity index (χ3v) is 2.62. The van der Waals surface area contributed by atoms with Crippen LogP contribution in [0.2, 0.25) is 0 Å². The first kappa shape index (κ1) is 13.3. The van der Waals surface area contributed by atoms with E-state index in [1.807, 2.05) is 0 Å². The minimum absolute atomic E-state index is 0.502. The number of carbonyl (C=O) groups is 3. The van der Waals surface area contributed by atoms with Crippen LogP contribution in [0.4, 0.5) is 4.79 Å². The topological polar surface area (TPSA) is 107 Å². The summed E-state index contributed by atoms with van der Waals surface area (Å²) in [6.45, 7) is 1.18. The van der Waals surface area contributed by atoms with E-state index in [4.69, 9.17) is 10.2 Å². The molecular formula is C10H16N2O5. The van der Waals surface area contributed by atoms with Gasteiger partial charge in [-0.15, -0.1) is 0 Å². The van der Waals surface area contributed by atoms with Gasteiger partial charge in [0.25, 0.3) is 0 Å². The number of urea groups is 1. The number of hydrogen-bond donors (Lipinski definition) is 3. The van der Waals surface area contributed by atoms with Crippen molar-refractivity contribution in [3.05, 3.63) is 0 Å². The lowest BCUT2D eigenvalue weighted by molar-refractivity contribution is -0.145. The second kappa shape index (κ2) is 6.07. The number of carboxylic acids is 2. The van der Waals surface area contributed by atoms with Crippen molar-refractivity contribution in [2.75, 3.05) is 13.1 Å². The van der Waals surface area contributed by atoms with Gasteiger partial charge < -0.3 is 20.4 Å². The number of nitrogens with one attached hydrogen (secondary N) is 1. The van der Waals surface area contributed by atoms with Gasteiger partial charge in [0, 0.05) is 13.1 Å². The number of piperidine rings is 1. The molecule has 0 spiro atoms. The molecule has 0 aromatic heterocycles. The molecule has 0 unspecified atom stereocenters. The molecule has 1 heterocycles. The summed E-state index contributed by atoms with van der Waals surface area (Å²) in [7, 11) is 0. The molecule has 1 atom stereocenters. The Kier molecular flexibility index (Phi) is 4.74. The van der Waals surface area contributed by atoms with Crippen LogP contribution >= 0.6 is 0 Å². The lowest BCUT2D eigenvalue weighted by Crippen LogP contribution is -2.50. The average molecular weight is 244 g/mol. The van der Waals surface area contributed by atoms with Crippen molar-refractivity contribution < 1.29 is 24.6 Å². The van der Waals surface area contributed by atoms with E-state index in [0.29, 0.717) is 13.1 Å². The largest absolute Gasteiger partial charge is 0.481 e. The van der Waals surface area contributed by atoms with Crippen LogP contribution < -0.4 is 5.32 Å². The fourth-order valence-corrected chi connectivity index (χ4v) is 1.71. The molecule has 1 rings (SSSR count). The highest BCUT2D eigenvalue weighted by atomic mass is 16.4. The minimum atomic E-state index is -1.37. The molecule has 0 radical (unpaired) electrons. The van der Waals surface area contributed by atoms with Gasteiger partial charge in [-0.2, -0.15) is 0 Å². The van der Waals surface area contributed by atoms with Crippen LogP contribution in [0.1, 0.15) is 25.7 Å². The molecule has 0 aromatic rings. The number of carbonyl (C=O) groups excluding carboxylic acids is 1. The van der Waals surface area contributed by atoms with Crippen LogP contribution in [0, 0.1) is 0 Å². The highest BCUT2D eigenvalue weighted by Gasteiger charge is 2.25. The zero-order valence-corrected chi connectivity index (χ0v) is 9.39. The molecule has 7 nitrogen and oxygen atoms in total. The van der Waals surface area contributed by atoms with Crippen LogP contribution in [-0.2, 0) is 9.59 Å². The summed E-state index contributed by atoms with van der Waals surface area (Å²) in [6.07, 6.45) is 2.23. The molecule has 3 N–H and O–H groups in total. The van der Waals surface area contributed by atoms with E-state index >= 15 is 0 Å². The first-order valence-corrected chi connectivity index (χ1v) is 5.50. The van der Waals surface area contributed by atoms with Gasteiger partial charge >= 0.3 is 18.0 Å². The summed E-state index contributed by atoms with van der Waals surface area (Å²) in [5.41, 5.74) is 0. The van der Waals surface area contributed by atoms with Crippen molar-refractivity contribution in [2.45, 2.75) is 31.7 Å². The van der Waals surface area contributed by atoms with E-state index in [1.165, 1.54) is 4.90 Å². The summed E-state index contributed by atoms with van der Waals surface area (Å²) >= 11 is 0. The molecule has 1 fully saturated rings. The van der Waals surface area contributed by atoms with E-state index in [-0.39, 0.29) is 0 Å². The van der Waals surface area contributed by atoms with Gasteiger partial charge in [0.1, 0.15) is 6.04 Å². The molecule has 0 aliphatic carbocycles. The number of nitrogens with zero attached hydrogens (tertiary/aromatic N) is 1. The molecule has 0 bridgehead atoms. The molecule has 2 amide bonds. The zero-order valence-electron chi connectivity index (χ0n) is 9.39. The van der Waals surface area contributed by atoms with Gasteiger partial charge in [-0.3, -0.25) is 4.79 Å². The number of aliphatic carboxylic acids is 2. The summed E-state index contributed by atoms with van der Waals surface area (Å²) in [6, 6.07) is -1.87. The van der Waals surface area contributed by atoms with Gasteiger partial charge in [-0.1, -0.05) is 0 Å². The predicted octanol–water partition coefficient (Wildman–Crippen LogP) is 0.110. The van der Waals surface area contributed by atoms with Gasteiger partial charge in [-0.25, -0.2) is 9.59 Å². The summed E-state index contributed by atoms with van der Waals surface area (Å²) in [5, 5.41) is 19.5. The first-order chi connectivity index (χ1) is 8.00. The molecule has 96 valence electrons. The smallest absolute Gasteiger partial charge is 0.326 e. The van der Waals surface area contributed by atoms with Crippen molar-refractivity contribution in [1.29, 1.82) is 0 Å². The number of hydrogen-bond acceptors (Lipinski definition) is 3. The van der Waals surface area contributed by atoms with Crippen LogP contribution in [0.5, 0.6) is 0 Å². The second-order valence-corrected chi connectivity index (χ2v) is 3.99. The van der Waals surface area contributed by atoms with Crippen molar-refractivity contribution in [2.24, 2.45) is 0 Å². The van der Waals surface area contributed by atoms with Crippen LogP contribution in [0.3, 0.4) is 0 Å². The normalized spacial score (nSPS) is 17.3. The van der Waals surface area contributed by atoms with Gasteiger partial charge in [0.2, 0.25) is 0 Å². The SMILES string of the molecule is O=C(O)C[C@H](NC(=O)N1CCCCC1)C(=O)O. The van der Waals surface area contributed by atoms with Gasteiger partial charge in [0.05, 0.1) is 6.42 Å². The minimum Gasteiger partial charge on any atom is -0.481 e. The van der Waals surface area contributed by atoms with Gasteiger partial charge in [0.15, 0.2) is 0 Å². The Labute approximate surface area is 98.4 Å². The van der Waals surface area contributed by atoms with Crippen LogP contribution in [0.15, 0.2) is 0 Å². The van der Waals surface area contributed by atoms with Crippen LogP contribution in [-0.4, -0.2) is 52.2 Å². The van der Waals surface area contributed by atoms with Crippen LogP contribution in [0.25, 0.3) is 0 Å².